The first-order valence-corrected chi connectivity index (χ1v) is 13.7. The number of pyridine rings is 1. The summed E-state index contributed by atoms with van der Waals surface area (Å²) in [4.78, 5) is 34.8. The fourth-order valence-corrected chi connectivity index (χ4v) is 5.43. The summed E-state index contributed by atoms with van der Waals surface area (Å²) in [6.07, 6.45) is 5.99. The zero-order chi connectivity index (χ0) is 26.7. The molecule has 9 heteroatoms. The van der Waals surface area contributed by atoms with E-state index in [1.807, 2.05) is 23.1 Å². The number of aromatic nitrogens is 4. The molecule has 2 N–H and O–H groups in total. The molecule has 4 aromatic rings. The van der Waals surface area contributed by atoms with Crippen molar-refractivity contribution in [3.05, 3.63) is 77.1 Å². The lowest BCUT2D eigenvalue weighted by molar-refractivity contribution is 0.0532. The highest BCUT2D eigenvalue weighted by molar-refractivity contribution is 5.99. The van der Waals surface area contributed by atoms with Gasteiger partial charge < -0.3 is 15.5 Å². The molecule has 39 heavy (non-hydrogen) atoms. The van der Waals surface area contributed by atoms with Crippen molar-refractivity contribution < 1.29 is 9.59 Å². The fourth-order valence-electron chi connectivity index (χ4n) is 5.43. The Kier molecular flexibility index (Phi) is 5.52. The van der Waals surface area contributed by atoms with E-state index in [0.717, 1.165) is 53.4 Å². The number of carbonyl (C=O) groups excluding carboxylic acids is 2. The number of amides is 2. The molecule has 2 aromatic carbocycles. The van der Waals surface area contributed by atoms with E-state index in [9.17, 15) is 9.59 Å². The van der Waals surface area contributed by atoms with E-state index in [4.69, 9.17) is 10.7 Å². The Morgan fingerprint density at radius 3 is 2.28 bits per heavy atom. The summed E-state index contributed by atoms with van der Waals surface area (Å²) < 4.78 is 1.78. The molecule has 1 saturated heterocycles. The highest BCUT2D eigenvalue weighted by Crippen LogP contribution is 2.43. The molecular weight excluding hydrogens is 490 g/mol. The Labute approximate surface area is 226 Å². The summed E-state index contributed by atoms with van der Waals surface area (Å²) in [5.41, 5.74) is 12.2. The van der Waals surface area contributed by atoms with Crippen LogP contribution in [-0.2, 0) is 5.54 Å². The second-order valence-corrected chi connectivity index (χ2v) is 11.2. The van der Waals surface area contributed by atoms with Crippen LogP contribution in [0.15, 0.2) is 54.7 Å². The topological polar surface area (TPSA) is 110 Å². The van der Waals surface area contributed by atoms with Crippen molar-refractivity contribution in [3.63, 3.8) is 0 Å². The molecular formula is C30H31N7O2. The lowest BCUT2D eigenvalue weighted by Gasteiger charge is -2.34. The minimum Gasteiger partial charge on any atom is -0.335 e. The van der Waals surface area contributed by atoms with Crippen LogP contribution in [-0.4, -0.2) is 67.8 Å². The van der Waals surface area contributed by atoms with Gasteiger partial charge in [0.15, 0.2) is 5.69 Å². The van der Waals surface area contributed by atoms with Gasteiger partial charge in [-0.3, -0.25) is 9.59 Å². The van der Waals surface area contributed by atoms with Crippen molar-refractivity contribution in [1.29, 1.82) is 0 Å². The molecule has 0 unspecified atom stereocenters. The third-order valence-electron chi connectivity index (χ3n) is 8.31. The fraction of sp³-hybridized carbons (Fsp3) is 0.367. The first kappa shape index (κ1) is 24.0. The van der Waals surface area contributed by atoms with Gasteiger partial charge in [-0.05, 0) is 61.9 Å². The van der Waals surface area contributed by atoms with Crippen LogP contribution in [0.5, 0.6) is 0 Å². The van der Waals surface area contributed by atoms with E-state index < -0.39 is 0 Å². The monoisotopic (exact) mass is 521 g/mol. The minimum atomic E-state index is -0.157. The van der Waals surface area contributed by atoms with E-state index in [1.54, 1.807) is 15.8 Å². The normalized spacial score (nSPS) is 18.4. The van der Waals surface area contributed by atoms with Gasteiger partial charge in [0, 0.05) is 48.2 Å². The molecule has 3 fully saturated rings. The summed E-state index contributed by atoms with van der Waals surface area (Å²) in [6, 6.07) is 16.6. The maximum Gasteiger partial charge on any atom is 0.276 e. The summed E-state index contributed by atoms with van der Waals surface area (Å²) in [5, 5.41) is 9.19. The van der Waals surface area contributed by atoms with Crippen LogP contribution in [0.2, 0.25) is 0 Å². The molecule has 2 aliphatic carbocycles. The molecule has 0 bridgehead atoms. The van der Waals surface area contributed by atoms with Crippen molar-refractivity contribution in [2.45, 2.75) is 44.2 Å². The third-order valence-corrected chi connectivity index (χ3v) is 8.31. The van der Waals surface area contributed by atoms with Gasteiger partial charge in [-0.25, -0.2) is 9.67 Å². The van der Waals surface area contributed by atoms with Crippen molar-refractivity contribution >= 4 is 22.7 Å². The van der Waals surface area contributed by atoms with Gasteiger partial charge >= 0.3 is 0 Å². The van der Waals surface area contributed by atoms with Crippen LogP contribution in [0.25, 0.3) is 22.2 Å². The molecule has 2 amide bonds. The predicted octanol–water partition coefficient (Wildman–Crippen LogP) is 3.68. The van der Waals surface area contributed by atoms with Crippen LogP contribution in [0, 0.1) is 6.92 Å². The van der Waals surface area contributed by atoms with Crippen molar-refractivity contribution in [1.82, 2.24) is 29.8 Å². The second kappa shape index (κ2) is 8.98. The maximum absolute atomic E-state index is 13.4. The van der Waals surface area contributed by atoms with E-state index >= 15 is 0 Å². The Morgan fingerprint density at radius 1 is 0.923 bits per heavy atom. The summed E-state index contributed by atoms with van der Waals surface area (Å²) in [7, 11) is 0. The van der Waals surface area contributed by atoms with Gasteiger partial charge in [-0.2, -0.15) is 0 Å². The molecule has 0 radical (unpaired) electrons. The van der Waals surface area contributed by atoms with Crippen LogP contribution in [0.1, 0.15) is 63.7 Å². The number of benzene rings is 2. The molecule has 198 valence electrons. The quantitative estimate of drug-likeness (QED) is 0.429. The Hall–Kier alpha value is -4.11. The van der Waals surface area contributed by atoms with Crippen LogP contribution in [0.4, 0.5) is 0 Å². The van der Waals surface area contributed by atoms with Crippen molar-refractivity contribution in [2.24, 2.45) is 5.73 Å². The second-order valence-electron chi connectivity index (χ2n) is 11.2. The van der Waals surface area contributed by atoms with Gasteiger partial charge in [0.05, 0.1) is 23.4 Å². The zero-order valence-electron chi connectivity index (χ0n) is 22.0. The van der Waals surface area contributed by atoms with Crippen LogP contribution >= 0.6 is 0 Å². The molecule has 1 aliphatic heterocycles. The van der Waals surface area contributed by atoms with Crippen molar-refractivity contribution in [3.8, 4) is 11.3 Å². The Morgan fingerprint density at radius 2 is 1.62 bits per heavy atom. The molecule has 0 spiro atoms. The number of fused-ring (bicyclic) bond motifs is 1. The van der Waals surface area contributed by atoms with Crippen molar-refractivity contribution in [2.75, 3.05) is 26.2 Å². The summed E-state index contributed by atoms with van der Waals surface area (Å²) in [5.74, 6) is -0.172. The maximum atomic E-state index is 13.4. The van der Waals surface area contributed by atoms with Gasteiger partial charge in [-0.15, -0.1) is 5.10 Å². The van der Waals surface area contributed by atoms with E-state index in [2.05, 4.69) is 47.6 Å². The highest BCUT2D eigenvalue weighted by Gasteiger charge is 2.39. The molecule has 2 aromatic heterocycles. The summed E-state index contributed by atoms with van der Waals surface area (Å²) >= 11 is 0. The molecule has 3 heterocycles. The van der Waals surface area contributed by atoms with Gasteiger partial charge in [-0.1, -0.05) is 35.5 Å². The number of nitrogens with zero attached hydrogens (tertiary/aromatic N) is 6. The van der Waals surface area contributed by atoms with Crippen LogP contribution < -0.4 is 5.73 Å². The molecule has 7 rings (SSSR count). The average molecular weight is 522 g/mol. The number of piperazine rings is 1. The molecule has 0 atom stereocenters. The SMILES string of the molecule is Cc1cc(-c2ccc(C3(N)CC3)cc2)nc2cc(C(=O)N3CCN(C(=O)c4cn(C5CC5)nn4)CC3)ccc12. The lowest BCUT2D eigenvalue weighted by Crippen LogP contribution is -2.50. The number of rotatable bonds is 5. The smallest absolute Gasteiger partial charge is 0.276 e. The average Bonchev–Trinajstić information content (AvgIpc) is 3.91. The first-order valence-electron chi connectivity index (χ1n) is 13.7. The number of carbonyl (C=O) groups is 2. The predicted molar refractivity (Wildman–Crippen MR) is 147 cm³/mol. The van der Waals surface area contributed by atoms with E-state index in [1.165, 1.54) is 5.56 Å². The Bertz CT molecular complexity index is 1590. The number of nitrogens with two attached hydrogens (primary N) is 1. The van der Waals surface area contributed by atoms with Crippen LogP contribution in [0.3, 0.4) is 0 Å². The van der Waals surface area contributed by atoms with Gasteiger partial charge in [0.25, 0.3) is 11.8 Å². The molecule has 3 aliphatic rings. The standard InChI is InChI=1S/C30H31N7O2/c1-19-16-25(20-2-5-22(6-3-20)30(31)10-11-30)32-26-17-21(4-9-24(19)26)28(38)35-12-14-36(15-13-35)29(39)27-18-37(34-33-27)23-7-8-23/h2-6,9,16-18,23H,7-8,10-15,31H2,1H3. The van der Waals surface area contributed by atoms with E-state index in [-0.39, 0.29) is 17.4 Å². The largest absolute Gasteiger partial charge is 0.335 e. The van der Waals surface area contributed by atoms with Gasteiger partial charge in [0.1, 0.15) is 0 Å². The Balaban J connectivity index is 1.06. The zero-order valence-corrected chi connectivity index (χ0v) is 22.0. The number of hydrogen-bond donors (Lipinski definition) is 1. The van der Waals surface area contributed by atoms with Gasteiger partial charge in [0.2, 0.25) is 0 Å². The summed E-state index contributed by atoms with van der Waals surface area (Å²) in [6.45, 7) is 3.95. The first-order chi connectivity index (χ1) is 18.9. The number of aryl methyl sites for hydroxylation is 1. The van der Waals surface area contributed by atoms with E-state index in [0.29, 0.717) is 43.5 Å². The number of hydrogen-bond acceptors (Lipinski definition) is 6. The third kappa shape index (κ3) is 4.46. The lowest BCUT2D eigenvalue weighted by atomic mass is 10.00. The highest BCUT2D eigenvalue weighted by atomic mass is 16.2. The minimum absolute atomic E-state index is 0.0458. The molecule has 9 nitrogen and oxygen atoms in total. The molecule has 2 saturated carbocycles.